The summed E-state index contributed by atoms with van der Waals surface area (Å²) < 4.78 is 0. The number of carboxylic acid groups (broad SMARTS) is 18. The van der Waals surface area contributed by atoms with E-state index in [1.54, 1.807) is 0 Å². The SMILES string of the molecule is CCCCCCl.O=C(O)c1c(C(=O)O)c(C(=O)O)c(C(=O)O)c(C(=O)O)c1C(=O)O.O=C(O)c1c(C(=O)O)c(C(=O)O)c(C(=O)O)c(C(=O)O)c1C(=O)O.O=C(O)c1c(C(=O)O)c(C(=O)O)c(C(=O)O)c(C(=O)O)c1C(=O)O. The fourth-order valence-corrected chi connectivity index (χ4v) is 6.63. The summed E-state index contributed by atoms with van der Waals surface area (Å²) in [6, 6.07) is 0. The van der Waals surface area contributed by atoms with Crippen molar-refractivity contribution in [2.75, 3.05) is 5.88 Å². The molecule has 78 heavy (non-hydrogen) atoms. The van der Waals surface area contributed by atoms with E-state index in [0.717, 1.165) is 5.88 Å². The van der Waals surface area contributed by atoms with E-state index in [4.69, 9.17) is 104 Å². The van der Waals surface area contributed by atoms with E-state index in [0.29, 0.717) is 0 Å². The Balaban J connectivity index is 0.00000108. The zero-order chi connectivity index (χ0) is 61.6. The molecule has 36 nitrogen and oxygen atoms in total. The summed E-state index contributed by atoms with van der Waals surface area (Å²) in [6.45, 7) is 2.17. The standard InChI is InChI=1S/3C12H6O12.C5H11Cl/c3*13-7(14)1-2(8(15)16)4(10(19)20)6(12(23)24)5(11(21)22)3(1)9(17)18;1-2-3-4-5-6/h3*(H,13,14)(H,15,16)(H,17,18)(H,19,20)(H,21,22)(H,23,24);2-5H2,1H3. The van der Waals surface area contributed by atoms with E-state index >= 15 is 0 Å². The Labute approximate surface area is 428 Å². The average Bonchev–Trinajstić information content (AvgIpc) is 3.29. The molecule has 0 aliphatic rings. The monoisotopic (exact) mass is 1130 g/mol. The third-order valence-electron chi connectivity index (χ3n) is 9.09. The van der Waals surface area contributed by atoms with Crippen LogP contribution < -0.4 is 0 Å². The molecule has 18 N–H and O–H groups in total. The lowest BCUT2D eigenvalue weighted by molar-refractivity contribution is 0.0592. The Morgan fingerprint density at radius 3 is 0.308 bits per heavy atom. The molecule has 0 spiro atoms. The van der Waals surface area contributed by atoms with Crippen LogP contribution in [0, 0.1) is 0 Å². The normalized spacial score (nSPS) is 9.92. The first kappa shape index (κ1) is 66.4. The van der Waals surface area contributed by atoms with Crippen molar-refractivity contribution in [3.63, 3.8) is 0 Å². The molecule has 3 aromatic carbocycles. The van der Waals surface area contributed by atoms with Gasteiger partial charge in [0.1, 0.15) is 0 Å². The zero-order valence-electron chi connectivity index (χ0n) is 37.6. The highest BCUT2D eigenvalue weighted by atomic mass is 35.5. The molecular weight excluding hydrogens is 1100 g/mol. The molecule has 3 rings (SSSR count). The maximum absolute atomic E-state index is 11.2. The second kappa shape index (κ2) is 26.9. The number of carbonyl (C=O) groups is 18. The molecule has 0 unspecified atom stereocenters. The molecule has 0 aliphatic heterocycles. The van der Waals surface area contributed by atoms with Gasteiger partial charge in [-0.15, -0.1) is 11.6 Å². The third kappa shape index (κ3) is 14.1. The lowest BCUT2D eigenvalue weighted by Crippen LogP contribution is -2.27. The summed E-state index contributed by atoms with van der Waals surface area (Å²) in [5, 5.41) is 162. The van der Waals surface area contributed by atoms with Gasteiger partial charge in [0.15, 0.2) is 0 Å². The molecule has 0 aliphatic carbocycles. The molecule has 0 amide bonds. The first-order valence-corrected chi connectivity index (χ1v) is 19.7. The number of hydrogen-bond donors (Lipinski definition) is 18. The van der Waals surface area contributed by atoms with Crippen molar-refractivity contribution in [3.05, 3.63) is 100 Å². The number of rotatable bonds is 21. The van der Waals surface area contributed by atoms with Crippen molar-refractivity contribution in [2.24, 2.45) is 0 Å². The Bertz CT molecular complexity index is 2310. The van der Waals surface area contributed by atoms with Gasteiger partial charge in [0.2, 0.25) is 0 Å². The van der Waals surface area contributed by atoms with Crippen LogP contribution in [-0.4, -0.2) is 205 Å². The summed E-state index contributed by atoms with van der Waals surface area (Å²) >= 11 is 5.38. The summed E-state index contributed by atoms with van der Waals surface area (Å²) in [7, 11) is 0. The van der Waals surface area contributed by atoms with Gasteiger partial charge in [0, 0.05) is 5.88 Å². The quantitative estimate of drug-likeness (QED) is 0.0536. The highest BCUT2D eigenvalue weighted by molar-refractivity contribution is 6.26. The molecule has 0 bridgehead atoms. The highest BCUT2D eigenvalue weighted by Gasteiger charge is 2.43. The number of benzene rings is 3. The van der Waals surface area contributed by atoms with E-state index in [9.17, 15) is 86.3 Å². The van der Waals surface area contributed by atoms with Crippen molar-refractivity contribution < 1.29 is 178 Å². The molecule has 0 heterocycles. The number of carboxylic acids is 18. The second-order valence-corrected chi connectivity index (χ2v) is 14.0. The molecule has 0 atom stereocenters. The minimum absolute atomic E-state index is 0.827. The molecule has 0 saturated heterocycles. The van der Waals surface area contributed by atoms with Crippen molar-refractivity contribution in [1.29, 1.82) is 0 Å². The van der Waals surface area contributed by atoms with Crippen molar-refractivity contribution in [2.45, 2.75) is 26.2 Å². The predicted molar refractivity (Wildman–Crippen MR) is 235 cm³/mol. The number of halogens is 1. The first-order chi connectivity index (χ1) is 35.7. The highest BCUT2D eigenvalue weighted by Crippen LogP contribution is 2.33. The van der Waals surface area contributed by atoms with Gasteiger partial charge in [-0.3, -0.25) is 0 Å². The van der Waals surface area contributed by atoms with Crippen LogP contribution in [0.4, 0.5) is 0 Å². The largest absolute Gasteiger partial charge is 0.478 e. The third-order valence-corrected chi connectivity index (χ3v) is 9.35. The molecule has 37 heteroatoms. The Hall–Kier alpha value is -11.6. The van der Waals surface area contributed by atoms with Crippen LogP contribution in [0.3, 0.4) is 0 Å². The Morgan fingerprint density at radius 1 is 0.205 bits per heavy atom. The van der Waals surface area contributed by atoms with Gasteiger partial charge in [-0.2, -0.15) is 0 Å². The fourth-order valence-electron chi connectivity index (χ4n) is 6.44. The molecule has 0 saturated carbocycles. The summed E-state index contributed by atoms with van der Waals surface area (Å²) in [4.78, 5) is 202. The van der Waals surface area contributed by atoms with E-state index in [-0.39, 0.29) is 0 Å². The maximum Gasteiger partial charge on any atom is 0.337 e. The lowest BCUT2D eigenvalue weighted by atomic mass is 9.86. The average molecular weight is 1130 g/mol. The van der Waals surface area contributed by atoms with Gasteiger partial charge in [0.05, 0.1) is 100 Å². The smallest absolute Gasteiger partial charge is 0.337 e. The minimum Gasteiger partial charge on any atom is -0.478 e. The van der Waals surface area contributed by atoms with Gasteiger partial charge in [-0.05, 0) is 6.42 Å². The second-order valence-electron chi connectivity index (χ2n) is 13.6. The van der Waals surface area contributed by atoms with E-state index in [1.807, 2.05) is 0 Å². The molecule has 0 aromatic heterocycles. The van der Waals surface area contributed by atoms with Gasteiger partial charge in [-0.1, -0.05) is 19.8 Å². The number of unbranched alkanes of at least 4 members (excludes halogenated alkanes) is 2. The zero-order valence-corrected chi connectivity index (χ0v) is 38.4. The van der Waals surface area contributed by atoms with Crippen LogP contribution in [0.2, 0.25) is 0 Å². The van der Waals surface area contributed by atoms with Crippen LogP contribution in [0.5, 0.6) is 0 Å². The van der Waals surface area contributed by atoms with Crippen LogP contribution in [0.15, 0.2) is 0 Å². The van der Waals surface area contributed by atoms with Crippen LogP contribution in [0.25, 0.3) is 0 Å². The Kier molecular flexibility index (Phi) is 22.9. The van der Waals surface area contributed by atoms with Gasteiger partial charge < -0.3 is 91.9 Å². The minimum atomic E-state index is -2.26. The lowest BCUT2D eigenvalue weighted by Gasteiger charge is -2.15. The van der Waals surface area contributed by atoms with Crippen LogP contribution >= 0.6 is 11.6 Å². The summed E-state index contributed by atoms with van der Waals surface area (Å²) in [5.41, 5.74) is -29.8. The topological polar surface area (TPSA) is 671 Å². The molecule has 0 fully saturated rings. The number of aromatic carboxylic acids is 18. The van der Waals surface area contributed by atoms with Crippen LogP contribution in [0.1, 0.15) is 213 Å². The van der Waals surface area contributed by atoms with Crippen molar-refractivity contribution >= 4 is 119 Å². The fraction of sp³-hybridized carbons (Fsp3) is 0.122. The maximum atomic E-state index is 11.2. The van der Waals surface area contributed by atoms with Crippen molar-refractivity contribution in [1.82, 2.24) is 0 Å². The Morgan fingerprint density at radius 2 is 0.282 bits per heavy atom. The number of hydrogen-bond acceptors (Lipinski definition) is 18. The summed E-state index contributed by atoms with van der Waals surface area (Å²) in [5.74, 6) is -39.8. The molecule has 416 valence electrons. The van der Waals surface area contributed by atoms with Gasteiger partial charge in [0.25, 0.3) is 0 Å². The van der Waals surface area contributed by atoms with E-state index in [2.05, 4.69) is 6.92 Å². The number of alkyl halides is 1. The summed E-state index contributed by atoms with van der Waals surface area (Å²) in [6.07, 6.45) is 3.73. The van der Waals surface area contributed by atoms with Gasteiger partial charge in [-0.25, -0.2) is 86.3 Å². The van der Waals surface area contributed by atoms with Gasteiger partial charge >= 0.3 is 107 Å². The van der Waals surface area contributed by atoms with Crippen LogP contribution in [-0.2, 0) is 0 Å². The van der Waals surface area contributed by atoms with Crippen molar-refractivity contribution in [3.8, 4) is 0 Å². The molecule has 0 radical (unpaired) electrons. The molecule has 3 aromatic rings. The predicted octanol–water partition coefficient (Wildman–Crippen LogP) is 2.04. The molecular formula is C41H29ClO36. The van der Waals surface area contributed by atoms with E-state index in [1.165, 1.54) is 19.3 Å². The first-order valence-electron chi connectivity index (χ1n) is 19.2. The van der Waals surface area contributed by atoms with E-state index < -0.39 is 208 Å².